The van der Waals surface area contributed by atoms with Crippen molar-refractivity contribution >= 4 is 6.21 Å². The Morgan fingerprint density at radius 3 is 2.31 bits per heavy atom. The highest BCUT2D eigenvalue weighted by molar-refractivity contribution is 5.90. The second kappa shape index (κ2) is 8.62. The van der Waals surface area contributed by atoms with E-state index < -0.39 is 0 Å². The normalized spacial score (nSPS) is 12.4. The van der Waals surface area contributed by atoms with Crippen LogP contribution in [0.1, 0.15) is 49.1 Å². The second-order valence-corrected chi connectivity index (χ2v) is 6.65. The van der Waals surface area contributed by atoms with E-state index in [1.807, 2.05) is 6.21 Å². The second-order valence-electron chi connectivity index (χ2n) is 6.65. The summed E-state index contributed by atoms with van der Waals surface area (Å²) in [7, 11) is 0. The molecule has 0 N–H and O–H groups in total. The molecule has 0 aliphatic rings. The lowest BCUT2D eigenvalue weighted by Gasteiger charge is -2.14. The number of hydrogen-bond donors (Lipinski definition) is 0. The van der Waals surface area contributed by atoms with Gasteiger partial charge in [0.15, 0.2) is 0 Å². The molecule has 26 heavy (non-hydrogen) atoms. The van der Waals surface area contributed by atoms with E-state index in [2.05, 4.69) is 93.6 Å². The zero-order chi connectivity index (χ0) is 18.4. The summed E-state index contributed by atoms with van der Waals surface area (Å²) in [5.74, 6) is 0. The van der Waals surface area contributed by atoms with Gasteiger partial charge in [0.05, 0.1) is 6.04 Å². The maximum Gasteiger partial charge on any atom is 0.0723 e. The van der Waals surface area contributed by atoms with E-state index in [-0.39, 0.29) is 6.04 Å². The summed E-state index contributed by atoms with van der Waals surface area (Å²) in [5, 5.41) is 0. The highest BCUT2D eigenvalue weighted by Crippen LogP contribution is 2.25. The molecule has 1 heteroatoms. The summed E-state index contributed by atoms with van der Waals surface area (Å²) in [6.45, 7) is 6.61. The van der Waals surface area contributed by atoms with Gasteiger partial charge in [-0.2, -0.15) is 0 Å². The molecule has 0 amide bonds. The number of benzene rings is 3. The Bertz CT molecular complexity index is 878. The molecule has 0 saturated carbocycles. The smallest absolute Gasteiger partial charge is 0.0723 e. The molecule has 0 aromatic heterocycles. The van der Waals surface area contributed by atoms with Gasteiger partial charge in [0.25, 0.3) is 0 Å². The monoisotopic (exact) mass is 341 g/mol. The first kappa shape index (κ1) is 18.1. The summed E-state index contributed by atoms with van der Waals surface area (Å²) < 4.78 is 0. The maximum atomic E-state index is 4.89. The fourth-order valence-corrected chi connectivity index (χ4v) is 3.36. The first-order valence-electron chi connectivity index (χ1n) is 9.52. The molecule has 0 saturated heterocycles. The van der Waals surface area contributed by atoms with Crippen LogP contribution in [-0.2, 0) is 12.8 Å². The van der Waals surface area contributed by atoms with Crippen molar-refractivity contribution in [2.24, 2.45) is 4.99 Å². The van der Waals surface area contributed by atoms with Crippen molar-refractivity contribution in [3.8, 4) is 11.1 Å². The lowest BCUT2D eigenvalue weighted by atomic mass is 9.96. The van der Waals surface area contributed by atoms with Crippen LogP contribution in [0.4, 0.5) is 0 Å². The van der Waals surface area contributed by atoms with Crippen LogP contribution in [0.3, 0.4) is 0 Å². The summed E-state index contributed by atoms with van der Waals surface area (Å²) in [6, 6.07) is 25.9. The van der Waals surface area contributed by atoms with Gasteiger partial charge in [-0.25, -0.2) is 0 Å². The van der Waals surface area contributed by atoms with Gasteiger partial charge >= 0.3 is 0 Å². The molecule has 132 valence electrons. The maximum absolute atomic E-state index is 4.89. The molecule has 0 heterocycles. The Labute approximate surface area is 157 Å². The van der Waals surface area contributed by atoms with E-state index in [1.165, 1.54) is 27.8 Å². The first-order valence-corrected chi connectivity index (χ1v) is 9.52. The molecule has 3 aromatic carbocycles. The van der Waals surface area contributed by atoms with Gasteiger partial charge in [-0.15, -0.1) is 0 Å². The standard InChI is InChI=1S/C25H27N/c1-4-20-15-16-24(21(5-2)17-20)19(3)26-18-23-13-9-10-14-25(23)22-11-7-6-8-12-22/h6-19H,4-5H2,1-3H3/b26-18+. The minimum Gasteiger partial charge on any atom is -0.285 e. The Hall–Kier alpha value is -2.67. The summed E-state index contributed by atoms with van der Waals surface area (Å²) in [5.41, 5.74) is 7.75. The van der Waals surface area contributed by atoms with Gasteiger partial charge in [0, 0.05) is 11.8 Å². The fourth-order valence-electron chi connectivity index (χ4n) is 3.36. The lowest BCUT2D eigenvalue weighted by Crippen LogP contribution is -1.99. The third-order valence-corrected chi connectivity index (χ3v) is 4.93. The molecule has 0 spiro atoms. The minimum absolute atomic E-state index is 0.152. The Morgan fingerprint density at radius 2 is 1.58 bits per heavy atom. The van der Waals surface area contributed by atoms with Crippen LogP contribution in [0.2, 0.25) is 0 Å². The molecule has 0 fully saturated rings. The molecule has 0 aliphatic heterocycles. The number of aryl methyl sites for hydroxylation is 2. The molecule has 3 rings (SSSR count). The summed E-state index contributed by atoms with van der Waals surface area (Å²) in [4.78, 5) is 4.89. The SMILES string of the molecule is CCc1ccc(C(C)/N=C/c2ccccc2-c2ccccc2)c(CC)c1. The molecule has 0 bridgehead atoms. The lowest BCUT2D eigenvalue weighted by molar-refractivity contribution is 0.805. The number of hydrogen-bond acceptors (Lipinski definition) is 1. The van der Waals surface area contributed by atoms with Crippen LogP contribution < -0.4 is 0 Å². The summed E-state index contributed by atoms with van der Waals surface area (Å²) in [6.07, 6.45) is 4.15. The Balaban J connectivity index is 1.89. The van der Waals surface area contributed by atoms with Crippen molar-refractivity contribution in [2.45, 2.75) is 39.7 Å². The topological polar surface area (TPSA) is 12.4 Å². The molecular weight excluding hydrogens is 314 g/mol. The van der Waals surface area contributed by atoms with Crippen molar-refractivity contribution in [3.05, 3.63) is 95.1 Å². The predicted octanol–water partition coefficient (Wildman–Crippen LogP) is 6.66. The van der Waals surface area contributed by atoms with Gasteiger partial charge in [-0.05, 0) is 47.6 Å². The molecular formula is C25H27N. The Morgan fingerprint density at radius 1 is 0.846 bits per heavy atom. The van der Waals surface area contributed by atoms with E-state index >= 15 is 0 Å². The third kappa shape index (κ3) is 4.11. The van der Waals surface area contributed by atoms with Gasteiger partial charge in [-0.3, -0.25) is 4.99 Å². The van der Waals surface area contributed by atoms with E-state index in [0.29, 0.717) is 0 Å². The average Bonchev–Trinajstić information content (AvgIpc) is 2.72. The van der Waals surface area contributed by atoms with Gasteiger partial charge < -0.3 is 0 Å². The average molecular weight is 341 g/mol. The molecule has 0 radical (unpaired) electrons. The number of nitrogens with zero attached hydrogens (tertiary/aromatic N) is 1. The van der Waals surface area contributed by atoms with Crippen LogP contribution in [-0.4, -0.2) is 6.21 Å². The predicted molar refractivity (Wildman–Crippen MR) is 113 cm³/mol. The van der Waals surface area contributed by atoms with Crippen LogP contribution in [0.5, 0.6) is 0 Å². The van der Waals surface area contributed by atoms with Crippen LogP contribution >= 0.6 is 0 Å². The van der Waals surface area contributed by atoms with Crippen molar-refractivity contribution in [1.29, 1.82) is 0 Å². The van der Waals surface area contributed by atoms with E-state index in [1.54, 1.807) is 0 Å². The van der Waals surface area contributed by atoms with Gasteiger partial charge in [0.2, 0.25) is 0 Å². The highest BCUT2D eigenvalue weighted by Gasteiger charge is 2.09. The third-order valence-electron chi connectivity index (χ3n) is 4.93. The van der Waals surface area contributed by atoms with Crippen molar-refractivity contribution in [3.63, 3.8) is 0 Å². The fraction of sp³-hybridized carbons (Fsp3) is 0.240. The van der Waals surface area contributed by atoms with Crippen LogP contribution in [0, 0.1) is 0 Å². The van der Waals surface area contributed by atoms with E-state index in [0.717, 1.165) is 18.4 Å². The molecule has 1 nitrogen and oxygen atoms in total. The zero-order valence-corrected chi connectivity index (χ0v) is 15.9. The number of aliphatic imine (C=N–C) groups is 1. The molecule has 3 aromatic rings. The number of rotatable bonds is 6. The molecule has 1 atom stereocenters. The van der Waals surface area contributed by atoms with Crippen LogP contribution in [0.15, 0.2) is 77.8 Å². The van der Waals surface area contributed by atoms with E-state index in [4.69, 9.17) is 4.99 Å². The largest absolute Gasteiger partial charge is 0.285 e. The Kier molecular flexibility index (Phi) is 6.01. The molecule has 1 unspecified atom stereocenters. The highest BCUT2D eigenvalue weighted by atomic mass is 14.8. The van der Waals surface area contributed by atoms with Crippen molar-refractivity contribution < 1.29 is 0 Å². The van der Waals surface area contributed by atoms with Crippen LogP contribution in [0.25, 0.3) is 11.1 Å². The minimum atomic E-state index is 0.152. The quantitative estimate of drug-likeness (QED) is 0.445. The van der Waals surface area contributed by atoms with E-state index in [9.17, 15) is 0 Å². The van der Waals surface area contributed by atoms with Crippen molar-refractivity contribution in [1.82, 2.24) is 0 Å². The molecule has 0 aliphatic carbocycles. The van der Waals surface area contributed by atoms with Gasteiger partial charge in [-0.1, -0.05) is 86.6 Å². The summed E-state index contributed by atoms with van der Waals surface area (Å²) >= 11 is 0. The first-order chi connectivity index (χ1) is 12.7. The van der Waals surface area contributed by atoms with Gasteiger partial charge in [0.1, 0.15) is 0 Å². The zero-order valence-electron chi connectivity index (χ0n) is 15.9. The van der Waals surface area contributed by atoms with Crippen molar-refractivity contribution in [2.75, 3.05) is 0 Å².